The summed E-state index contributed by atoms with van der Waals surface area (Å²) in [5.41, 5.74) is 7.21. The van der Waals surface area contributed by atoms with Crippen LogP contribution in [0.4, 0.5) is 24.7 Å². The molecule has 0 saturated heterocycles. The fraction of sp³-hybridized carbons (Fsp3) is 0.357. The maximum atomic E-state index is 13.7. The van der Waals surface area contributed by atoms with Crippen LogP contribution in [0.3, 0.4) is 0 Å². The zero-order valence-corrected chi connectivity index (χ0v) is 23.2. The predicted octanol–water partition coefficient (Wildman–Crippen LogP) is 4.14. The molecule has 0 radical (unpaired) electrons. The second-order valence-electron chi connectivity index (χ2n) is 9.90. The molecule has 1 fully saturated rings. The minimum Gasteiger partial charge on any atom is -0.483 e. The number of carboxylic acid groups (broad SMARTS) is 1. The maximum absolute atomic E-state index is 13.7. The summed E-state index contributed by atoms with van der Waals surface area (Å²) in [7, 11) is 0. The minimum atomic E-state index is -4.72. The molecule has 5 N–H and O–H groups in total. The summed E-state index contributed by atoms with van der Waals surface area (Å²) in [6.07, 6.45) is 4.86. The van der Waals surface area contributed by atoms with Crippen molar-refractivity contribution in [2.24, 2.45) is 5.73 Å². The number of carbonyl (C=O) groups is 2. The van der Waals surface area contributed by atoms with Crippen molar-refractivity contribution in [2.75, 3.05) is 5.32 Å². The molecule has 3 heterocycles. The van der Waals surface area contributed by atoms with Crippen LogP contribution in [0.15, 0.2) is 43.0 Å². The molecule has 1 aliphatic rings. The third kappa shape index (κ3) is 7.09. The number of anilines is 2. The van der Waals surface area contributed by atoms with Crippen LogP contribution in [0.5, 0.6) is 0 Å². The fourth-order valence-electron chi connectivity index (χ4n) is 5.03. The van der Waals surface area contributed by atoms with Gasteiger partial charge in [-0.1, -0.05) is 6.92 Å². The van der Waals surface area contributed by atoms with Crippen LogP contribution in [-0.2, 0) is 23.9 Å². The van der Waals surface area contributed by atoms with Gasteiger partial charge in [0.1, 0.15) is 6.54 Å². The van der Waals surface area contributed by atoms with E-state index in [1.165, 1.54) is 29.2 Å². The predicted molar refractivity (Wildman–Crippen MR) is 150 cm³/mol. The number of amides is 1. The van der Waals surface area contributed by atoms with Gasteiger partial charge in [-0.05, 0) is 55.9 Å². The van der Waals surface area contributed by atoms with Crippen LogP contribution in [0, 0.1) is 11.3 Å². The number of halogens is 3. The highest BCUT2D eigenvalue weighted by Gasteiger charge is 2.38. The van der Waals surface area contributed by atoms with Gasteiger partial charge in [-0.15, -0.1) is 0 Å². The van der Waals surface area contributed by atoms with Crippen LogP contribution in [0.25, 0.3) is 16.9 Å². The molecule has 4 aromatic rings. The van der Waals surface area contributed by atoms with Crippen molar-refractivity contribution in [1.29, 1.82) is 5.26 Å². The SMILES string of the molecule is CCc1cc(Nc2nccn3c(-c4cn(CC#N)nc4C(F)(F)F)cnc23)ccc1C(=O)NC1CCC(N)CC1.O=CO. The Balaban J connectivity index is 0.00000135. The molecule has 0 atom stereocenters. The largest absolute Gasteiger partial charge is 0.483 e. The van der Waals surface area contributed by atoms with E-state index in [-0.39, 0.29) is 42.3 Å². The first-order valence-corrected chi connectivity index (χ1v) is 13.5. The number of alkyl halides is 3. The van der Waals surface area contributed by atoms with Gasteiger partial charge in [-0.25, -0.2) is 9.97 Å². The molecule has 5 rings (SSSR count). The van der Waals surface area contributed by atoms with E-state index in [9.17, 15) is 18.0 Å². The third-order valence-corrected chi connectivity index (χ3v) is 7.07. The van der Waals surface area contributed by atoms with E-state index in [2.05, 4.69) is 25.7 Å². The number of aryl methyl sites for hydroxylation is 1. The topological polar surface area (TPSA) is 176 Å². The minimum absolute atomic E-state index is 0.108. The van der Waals surface area contributed by atoms with Crippen LogP contribution in [-0.4, -0.2) is 53.7 Å². The molecule has 0 unspecified atom stereocenters. The van der Waals surface area contributed by atoms with Gasteiger partial charge in [0.25, 0.3) is 12.4 Å². The van der Waals surface area contributed by atoms with Crippen LogP contribution >= 0.6 is 0 Å². The smallest absolute Gasteiger partial charge is 0.435 e. The highest BCUT2D eigenvalue weighted by Crippen LogP contribution is 2.37. The number of imidazole rings is 1. The van der Waals surface area contributed by atoms with Crippen molar-refractivity contribution < 1.29 is 27.9 Å². The lowest BCUT2D eigenvalue weighted by atomic mass is 9.91. The Morgan fingerprint density at radius 3 is 2.63 bits per heavy atom. The number of nitrogens with one attached hydrogen (secondary N) is 2. The van der Waals surface area contributed by atoms with E-state index in [0.29, 0.717) is 29.1 Å². The Morgan fingerprint density at radius 1 is 1.26 bits per heavy atom. The molecular weight excluding hydrogens is 567 g/mol. The molecule has 43 heavy (non-hydrogen) atoms. The molecule has 3 aromatic heterocycles. The summed E-state index contributed by atoms with van der Waals surface area (Å²) in [5, 5.41) is 25.7. The lowest BCUT2D eigenvalue weighted by Gasteiger charge is -2.27. The van der Waals surface area contributed by atoms with Gasteiger partial charge >= 0.3 is 6.18 Å². The monoisotopic (exact) mass is 597 g/mol. The Hall–Kier alpha value is -4.97. The fourth-order valence-corrected chi connectivity index (χ4v) is 5.03. The molecule has 1 saturated carbocycles. The Kier molecular flexibility index (Phi) is 9.61. The summed E-state index contributed by atoms with van der Waals surface area (Å²) in [6.45, 7) is 1.39. The number of nitrogens with two attached hydrogens (primary N) is 1. The van der Waals surface area contributed by atoms with Gasteiger partial charge in [0, 0.05) is 41.9 Å². The highest BCUT2D eigenvalue weighted by atomic mass is 19.4. The number of fused-ring (bicyclic) bond motifs is 1. The van der Waals surface area contributed by atoms with E-state index in [1.54, 1.807) is 18.2 Å². The van der Waals surface area contributed by atoms with Crippen molar-refractivity contribution in [3.63, 3.8) is 0 Å². The lowest BCUT2D eigenvalue weighted by molar-refractivity contribution is -0.141. The number of nitriles is 1. The highest BCUT2D eigenvalue weighted by molar-refractivity contribution is 5.96. The first-order valence-electron chi connectivity index (χ1n) is 13.5. The van der Waals surface area contributed by atoms with Gasteiger partial charge in [0.15, 0.2) is 17.2 Å². The molecule has 1 amide bonds. The first kappa shape index (κ1) is 31.0. The lowest BCUT2D eigenvalue weighted by Crippen LogP contribution is -2.40. The standard InChI is InChI=1S/C27H28F3N9O.CH2O2/c1-2-16-13-19(7-8-20(16)26(40)36-18-5-3-17(32)4-6-18)35-24-25-34-14-22(39(25)12-10-33-24)21-15-38(11-9-31)37-23(21)27(28,29)30;2-1-3/h7-8,10,12-15,17-18H,2-6,11,32H2,1H3,(H,33,35)(H,36,40);1H,(H,2,3). The average molecular weight is 598 g/mol. The number of benzene rings is 1. The number of carbonyl (C=O) groups excluding carboxylic acids is 1. The summed E-state index contributed by atoms with van der Waals surface area (Å²) in [6, 6.07) is 7.47. The molecule has 15 heteroatoms. The Bertz CT molecular complexity index is 1630. The van der Waals surface area contributed by atoms with Crippen LogP contribution in [0.1, 0.15) is 54.2 Å². The first-order chi connectivity index (χ1) is 20.6. The van der Waals surface area contributed by atoms with Crippen LogP contribution < -0.4 is 16.4 Å². The van der Waals surface area contributed by atoms with E-state index >= 15 is 0 Å². The third-order valence-electron chi connectivity index (χ3n) is 7.07. The number of hydrogen-bond acceptors (Lipinski definition) is 8. The average Bonchev–Trinajstić information content (AvgIpc) is 3.60. The van der Waals surface area contributed by atoms with E-state index in [1.807, 2.05) is 13.0 Å². The van der Waals surface area contributed by atoms with Crippen molar-refractivity contribution in [3.8, 4) is 17.3 Å². The van der Waals surface area contributed by atoms with Gasteiger partial charge in [0.05, 0.1) is 23.5 Å². The molecular formula is C28H30F3N9O3. The summed E-state index contributed by atoms with van der Waals surface area (Å²) in [5.74, 6) is 0.198. The van der Waals surface area contributed by atoms with Crippen molar-refractivity contribution in [1.82, 2.24) is 29.5 Å². The maximum Gasteiger partial charge on any atom is 0.435 e. The second kappa shape index (κ2) is 13.3. The number of nitrogens with zero attached hydrogens (tertiary/aromatic N) is 6. The summed E-state index contributed by atoms with van der Waals surface area (Å²) >= 11 is 0. The van der Waals surface area contributed by atoms with Crippen molar-refractivity contribution >= 4 is 29.5 Å². The van der Waals surface area contributed by atoms with E-state index in [0.717, 1.165) is 35.9 Å². The van der Waals surface area contributed by atoms with Crippen molar-refractivity contribution in [2.45, 2.75) is 63.8 Å². The molecule has 0 spiro atoms. The van der Waals surface area contributed by atoms with Crippen molar-refractivity contribution in [3.05, 3.63) is 59.8 Å². The zero-order chi connectivity index (χ0) is 31.1. The van der Waals surface area contributed by atoms with E-state index in [4.69, 9.17) is 20.9 Å². The van der Waals surface area contributed by atoms with E-state index < -0.39 is 11.9 Å². The zero-order valence-electron chi connectivity index (χ0n) is 23.2. The molecule has 1 aromatic carbocycles. The normalized spacial score (nSPS) is 16.6. The summed E-state index contributed by atoms with van der Waals surface area (Å²) in [4.78, 5) is 30.0. The molecule has 226 valence electrons. The van der Waals surface area contributed by atoms with Gasteiger partial charge < -0.3 is 21.5 Å². The molecule has 0 bridgehead atoms. The molecule has 12 nitrogen and oxygen atoms in total. The Labute approximate surface area is 244 Å². The Morgan fingerprint density at radius 2 is 1.98 bits per heavy atom. The second-order valence-corrected chi connectivity index (χ2v) is 9.90. The molecule has 0 aliphatic heterocycles. The number of rotatable bonds is 7. The summed E-state index contributed by atoms with van der Waals surface area (Å²) < 4.78 is 43.6. The quantitative estimate of drug-likeness (QED) is 0.228. The van der Waals surface area contributed by atoms with Crippen LogP contribution in [0.2, 0.25) is 0 Å². The van der Waals surface area contributed by atoms with Gasteiger partial charge in [0.2, 0.25) is 0 Å². The number of aromatic nitrogens is 5. The number of hydrogen-bond donors (Lipinski definition) is 4. The van der Waals surface area contributed by atoms with Gasteiger partial charge in [-0.3, -0.25) is 18.7 Å². The van der Waals surface area contributed by atoms with Gasteiger partial charge in [-0.2, -0.15) is 23.5 Å². The molecule has 1 aliphatic carbocycles.